The van der Waals surface area contributed by atoms with Crippen molar-refractivity contribution in [1.82, 2.24) is 20.4 Å². The summed E-state index contributed by atoms with van der Waals surface area (Å²) in [6.07, 6.45) is 3.69. The van der Waals surface area contributed by atoms with Crippen LogP contribution in [0.3, 0.4) is 0 Å². The SMILES string of the molecule is Cc1nc(NCCNC(=O)c2cc(-c3cccs3)on2)cc(N2CCCCC2)n1. The van der Waals surface area contributed by atoms with Gasteiger partial charge in [0.1, 0.15) is 17.5 Å². The third kappa shape index (κ3) is 4.92. The normalized spacial score (nSPS) is 14.0. The predicted octanol–water partition coefficient (Wildman–Crippen LogP) is 3.33. The molecule has 3 aromatic rings. The van der Waals surface area contributed by atoms with Crippen LogP contribution in [0, 0.1) is 6.92 Å². The molecule has 1 aliphatic rings. The van der Waals surface area contributed by atoms with E-state index in [0.29, 0.717) is 18.8 Å². The van der Waals surface area contributed by atoms with Crippen LogP contribution in [0.5, 0.6) is 0 Å². The Morgan fingerprint density at radius 3 is 2.86 bits per heavy atom. The largest absolute Gasteiger partial charge is 0.368 e. The van der Waals surface area contributed by atoms with Crippen LogP contribution < -0.4 is 15.5 Å². The maximum absolute atomic E-state index is 12.3. The lowest BCUT2D eigenvalue weighted by atomic mass is 10.1. The van der Waals surface area contributed by atoms with Gasteiger partial charge in [0, 0.05) is 38.3 Å². The van der Waals surface area contributed by atoms with Gasteiger partial charge in [0.05, 0.1) is 4.88 Å². The minimum absolute atomic E-state index is 0.258. The molecule has 0 bridgehead atoms. The lowest BCUT2D eigenvalue weighted by molar-refractivity contribution is 0.0946. The molecule has 3 aromatic heterocycles. The number of nitrogens with zero attached hydrogens (tertiary/aromatic N) is 4. The second kappa shape index (κ2) is 9.04. The minimum atomic E-state index is -0.258. The number of rotatable bonds is 7. The molecule has 1 saturated heterocycles. The average Bonchev–Trinajstić information content (AvgIpc) is 3.43. The predicted molar refractivity (Wildman–Crippen MR) is 113 cm³/mol. The van der Waals surface area contributed by atoms with Crippen molar-refractivity contribution in [2.75, 3.05) is 36.4 Å². The molecule has 0 saturated carbocycles. The average molecular weight is 413 g/mol. The van der Waals surface area contributed by atoms with E-state index >= 15 is 0 Å². The molecule has 0 atom stereocenters. The number of thiophene rings is 1. The smallest absolute Gasteiger partial charge is 0.273 e. The second-order valence-corrected chi connectivity index (χ2v) is 7.89. The van der Waals surface area contributed by atoms with E-state index in [2.05, 4.69) is 30.7 Å². The van der Waals surface area contributed by atoms with Crippen LogP contribution in [-0.4, -0.2) is 47.2 Å². The number of amides is 1. The Balaban J connectivity index is 1.28. The van der Waals surface area contributed by atoms with E-state index in [-0.39, 0.29) is 11.6 Å². The summed E-state index contributed by atoms with van der Waals surface area (Å²) >= 11 is 1.54. The molecule has 0 aromatic carbocycles. The first-order valence-corrected chi connectivity index (χ1v) is 10.7. The molecular formula is C20H24N6O2S. The third-order valence-corrected chi connectivity index (χ3v) is 5.61. The van der Waals surface area contributed by atoms with Crippen LogP contribution in [0.4, 0.5) is 11.6 Å². The standard InChI is InChI=1S/C20H24N6O2S/c1-14-23-18(13-19(24-14)26-9-3-2-4-10-26)21-7-8-22-20(27)15-12-16(28-25-15)17-6-5-11-29-17/h5-6,11-13H,2-4,7-10H2,1H3,(H,22,27)(H,21,23,24). The minimum Gasteiger partial charge on any atom is -0.368 e. The fourth-order valence-corrected chi connectivity index (χ4v) is 3.97. The number of nitrogens with one attached hydrogen (secondary N) is 2. The first-order valence-electron chi connectivity index (χ1n) is 9.82. The van der Waals surface area contributed by atoms with E-state index in [1.807, 2.05) is 30.5 Å². The summed E-state index contributed by atoms with van der Waals surface area (Å²) in [5.74, 6) is 2.82. The molecule has 152 valence electrons. The molecule has 1 amide bonds. The number of hydrogen-bond donors (Lipinski definition) is 2. The Bertz CT molecular complexity index is 950. The van der Waals surface area contributed by atoms with Gasteiger partial charge in [-0.05, 0) is 37.6 Å². The van der Waals surface area contributed by atoms with Gasteiger partial charge < -0.3 is 20.1 Å². The highest BCUT2D eigenvalue weighted by atomic mass is 32.1. The van der Waals surface area contributed by atoms with Crippen molar-refractivity contribution >= 4 is 28.9 Å². The molecular weight excluding hydrogens is 388 g/mol. The number of aryl methyl sites for hydroxylation is 1. The zero-order valence-electron chi connectivity index (χ0n) is 16.4. The van der Waals surface area contributed by atoms with Gasteiger partial charge in [-0.15, -0.1) is 11.3 Å². The summed E-state index contributed by atoms with van der Waals surface area (Å²) in [5.41, 5.74) is 0.277. The molecule has 29 heavy (non-hydrogen) atoms. The highest BCUT2D eigenvalue weighted by Gasteiger charge is 2.15. The number of hydrogen-bond acceptors (Lipinski definition) is 8. The molecule has 0 spiro atoms. The molecule has 8 nitrogen and oxygen atoms in total. The zero-order valence-corrected chi connectivity index (χ0v) is 17.2. The number of anilines is 2. The molecule has 1 aliphatic heterocycles. The van der Waals surface area contributed by atoms with Gasteiger partial charge in [-0.3, -0.25) is 4.79 Å². The van der Waals surface area contributed by atoms with Gasteiger partial charge in [-0.2, -0.15) is 0 Å². The molecule has 1 fully saturated rings. The van der Waals surface area contributed by atoms with E-state index in [1.165, 1.54) is 19.3 Å². The third-order valence-electron chi connectivity index (χ3n) is 4.73. The van der Waals surface area contributed by atoms with E-state index in [1.54, 1.807) is 17.4 Å². The van der Waals surface area contributed by atoms with Crippen LogP contribution >= 0.6 is 11.3 Å². The highest BCUT2D eigenvalue weighted by molar-refractivity contribution is 7.13. The fraction of sp³-hybridized carbons (Fsp3) is 0.400. The maximum atomic E-state index is 12.3. The van der Waals surface area contributed by atoms with Crippen molar-refractivity contribution < 1.29 is 9.32 Å². The summed E-state index contributed by atoms with van der Waals surface area (Å²) in [6.45, 7) is 4.98. The number of carbonyl (C=O) groups excluding carboxylic acids is 1. The number of piperidine rings is 1. The Morgan fingerprint density at radius 1 is 1.21 bits per heavy atom. The first kappa shape index (κ1) is 19.4. The quantitative estimate of drug-likeness (QED) is 0.575. The van der Waals surface area contributed by atoms with E-state index in [4.69, 9.17) is 4.52 Å². The topological polar surface area (TPSA) is 96.2 Å². The molecule has 0 radical (unpaired) electrons. The highest BCUT2D eigenvalue weighted by Crippen LogP contribution is 2.25. The summed E-state index contributed by atoms with van der Waals surface area (Å²) < 4.78 is 5.25. The summed E-state index contributed by atoms with van der Waals surface area (Å²) in [5, 5.41) is 11.9. The monoisotopic (exact) mass is 412 g/mol. The number of carbonyl (C=O) groups is 1. The summed E-state index contributed by atoms with van der Waals surface area (Å²) in [6, 6.07) is 7.50. The van der Waals surface area contributed by atoms with E-state index < -0.39 is 0 Å². The molecule has 4 heterocycles. The lowest BCUT2D eigenvalue weighted by Crippen LogP contribution is -2.31. The second-order valence-electron chi connectivity index (χ2n) is 6.94. The number of aromatic nitrogens is 3. The molecule has 2 N–H and O–H groups in total. The van der Waals surface area contributed by atoms with Crippen molar-refractivity contribution in [1.29, 1.82) is 0 Å². The van der Waals surface area contributed by atoms with Crippen LogP contribution in [0.1, 0.15) is 35.6 Å². The van der Waals surface area contributed by atoms with Crippen molar-refractivity contribution in [2.45, 2.75) is 26.2 Å². The molecule has 0 aliphatic carbocycles. The molecule has 0 unspecified atom stereocenters. The van der Waals surface area contributed by atoms with E-state index in [0.717, 1.165) is 35.4 Å². The molecule has 4 rings (SSSR count). The van der Waals surface area contributed by atoms with Crippen molar-refractivity contribution in [3.63, 3.8) is 0 Å². The van der Waals surface area contributed by atoms with Gasteiger partial charge in [0.2, 0.25) is 0 Å². The van der Waals surface area contributed by atoms with Gasteiger partial charge >= 0.3 is 0 Å². The molecule has 9 heteroatoms. The Morgan fingerprint density at radius 2 is 2.07 bits per heavy atom. The van der Waals surface area contributed by atoms with E-state index in [9.17, 15) is 4.79 Å². The van der Waals surface area contributed by atoms with Gasteiger partial charge in [0.25, 0.3) is 5.91 Å². The Kier molecular flexibility index (Phi) is 6.04. The van der Waals surface area contributed by atoms with Crippen molar-refractivity contribution in [3.8, 4) is 10.6 Å². The van der Waals surface area contributed by atoms with Crippen molar-refractivity contribution in [3.05, 3.63) is 41.2 Å². The fourth-order valence-electron chi connectivity index (χ4n) is 3.30. The maximum Gasteiger partial charge on any atom is 0.273 e. The Labute approximate surface area is 173 Å². The van der Waals surface area contributed by atoms with Gasteiger partial charge in [-0.25, -0.2) is 9.97 Å². The summed E-state index contributed by atoms with van der Waals surface area (Å²) in [7, 11) is 0. The van der Waals surface area contributed by atoms with Crippen molar-refractivity contribution in [2.24, 2.45) is 0 Å². The van der Waals surface area contributed by atoms with Crippen LogP contribution in [0.15, 0.2) is 34.2 Å². The first-order chi connectivity index (χ1) is 14.2. The van der Waals surface area contributed by atoms with Gasteiger partial charge in [-0.1, -0.05) is 11.2 Å². The van der Waals surface area contributed by atoms with Crippen LogP contribution in [-0.2, 0) is 0 Å². The van der Waals surface area contributed by atoms with Gasteiger partial charge in [0.15, 0.2) is 11.5 Å². The summed E-state index contributed by atoms with van der Waals surface area (Å²) in [4.78, 5) is 24.5. The van der Waals surface area contributed by atoms with Crippen LogP contribution in [0.25, 0.3) is 10.6 Å². The zero-order chi connectivity index (χ0) is 20.1. The Hall–Kier alpha value is -2.94. The lowest BCUT2D eigenvalue weighted by Gasteiger charge is -2.28. The van der Waals surface area contributed by atoms with Crippen LogP contribution in [0.2, 0.25) is 0 Å².